The first-order chi connectivity index (χ1) is 13.5. The van der Waals surface area contributed by atoms with Crippen LogP contribution >= 0.6 is 0 Å². The van der Waals surface area contributed by atoms with Gasteiger partial charge in [-0.15, -0.1) is 5.10 Å². The van der Waals surface area contributed by atoms with Crippen LogP contribution in [0.25, 0.3) is 22.4 Å². The van der Waals surface area contributed by atoms with Gasteiger partial charge in [0.15, 0.2) is 0 Å². The highest BCUT2D eigenvalue weighted by Gasteiger charge is 2.15. The predicted molar refractivity (Wildman–Crippen MR) is 110 cm³/mol. The van der Waals surface area contributed by atoms with Crippen LogP contribution in [0.5, 0.6) is 0 Å². The predicted octanol–water partition coefficient (Wildman–Crippen LogP) is 3.71. The summed E-state index contributed by atoms with van der Waals surface area (Å²) >= 11 is 0. The van der Waals surface area contributed by atoms with E-state index in [1.807, 2.05) is 30.7 Å². The average molecular weight is 378 g/mol. The number of methoxy groups -OCH3 is 1. The first kappa shape index (κ1) is 19.8. The number of aryl methyl sites for hydroxylation is 2. The fourth-order valence-corrected chi connectivity index (χ4v) is 3.13. The Labute approximate surface area is 165 Å². The van der Waals surface area contributed by atoms with Gasteiger partial charge in [0.2, 0.25) is 0 Å². The lowest BCUT2D eigenvalue weighted by molar-refractivity contribution is 0.0905. The number of benzene rings is 2. The van der Waals surface area contributed by atoms with Crippen LogP contribution in [0.15, 0.2) is 48.7 Å². The number of amides is 1. The topological polar surface area (TPSA) is 69.0 Å². The minimum absolute atomic E-state index is 0.0770. The van der Waals surface area contributed by atoms with Crippen LogP contribution in [0.4, 0.5) is 0 Å². The highest BCUT2D eigenvalue weighted by molar-refractivity contribution is 5.97. The quantitative estimate of drug-likeness (QED) is 0.681. The number of hydrogen-bond acceptors (Lipinski definition) is 4. The van der Waals surface area contributed by atoms with Gasteiger partial charge in [-0.1, -0.05) is 35.0 Å². The lowest BCUT2D eigenvalue weighted by Gasteiger charge is -2.15. The smallest absolute Gasteiger partial charge is 0.251 e. The molecule has 146 valence electrons. The highest BCUT2D eigenvalue weighted by atomic mass is 16.5. The minimum Gasteiger partial charge on any atom is -0.383 e. The zero-order chi connectivity index (χ0) is 20.1. The van der Waals surface area contributed by atoms with Gasteiger partial charge in [0.25, 0.3) is 5.91 Å². The lowest BCUT2D eigenvalue weighted by atomic mass is 9.97. The molecule has 3 aromatic rings. The van der Waals surface area contributed by atoms with Crippen LogP contribution in [-0.4, -0.2) is 40.7 Å². The number of aromatic nitrogens is 3. The van der Waals surface area contributed by atoms with Gasteiger partial charge >= 0.3 is 0 Å². The first-order valence-electron chi connectivity index (χ1n) is 9.42. The van der Waals surface area contributed by atoms with Gasteiger partial charge in [0.05, 0.1) is 18.5 Å². The van der Waals surface area contributed by atoms with Crippen LogP contribution in [0.2, 0.25) is 0 Å². The summed E-state index contributed by atoms with van der Waals surface area (Å²) in [5.41, 5.74) is 5.62. The average Bonchev–Trinajstić information content (AvgIpc) is 3.17. The van der Waals surface area contributed by atoms with Crippen molar-refractivity contribution in [3.8, 4) is 22.4 Å². The second kappa shape index (κ2) is 8.80. The van der Waals surface area contributed by atoms with E-state index >= 15 is 0 Å². The minimum atomic E-state index is -0.129. The summed E-state index contributed by atoms with van der Waals surface area (Å²) in [6.45, 7) is 7.16. The Hall–Kier alpha value is -2.99. The normalized spacial score (nSPS) is 12.0. The van der Waals surface area contributed by atoms with Crippen LogP contribution in [0, 0.1) is 6.92 Å². The molecule has 0 aliphatic rings. The fraction of sp³-hybridized carbons (Fsp3) is 0.318. The van der Waals surface area contributed by atoms with E-state index in [2.05, 4.69) is 52.9 Å². The van der Waals surface area contributed by atoms with Crippen molar-refractivity contribution in [3.05, 3.63) is 59.8 Å². The molecule has 1 heterocycles. The van der Waals surface area contributed by atoms with Crippen molar-refractivity contribution in [3.63, 3.8) is 0 Å². The van der Waals surface area contributed by atoms with E-state index in [4.69, 9.17) is 4.74 Å². The molecule has 0 unspecified atom stereocenters. The van der Waals surface area contributed by atoms with Crippen molar-refractivity contribution in [2.45, 2.75) is 33.4 Å². The molecule has 1 amide bonds. The Bertz CT molecular complexity index is 947. The number of nitrogens with one attached hydrogen (secondary N) is 1. The number of carbonyl (C=O) groups is 1. The number of carbonyl (C=O) groups excluding carboxylic acids is 1. The molecule has 6 nitrogen and oxygen atoms in total. The van der Waals surface area contributed by atoms with Gasteiger partial charge < -0.3 is 10.1 Å². The van der Waals surface area contributed by atoms with Crippen molar-refractivity contribution in [2.24, 2.45) is 0 Å². The zero-order valence-corrected chi connectivity index (χ0v) is 16.8. The van der Waals surface area contributed by atoms with Crippen LogP contribution < -0.4 is 5.32 Å². The third-order valence-corrected chi connectivity index (χ3v) is 4.59. The molecule has 3 rings (SSSR count). The molecule has 0 radical (unpaired) electrons. The summed E-state index contributed by atoms with van der Waals surface area (Å²) < 4.78 is 6.95. The van der Waals surface area contributed by atoms with Crippen molar-refractivity contribution in [1.82, 2.24) is 20.3 Å². The summed E-state index contributed by atoms with van der Waals surface area (Å²) in [6, 6.07) is 14.1. The van der Waals surface area contributed by atoms with E-state index in [9.17, 15) is 4.79 Å². The maximum atomic E-state index is 12.8. The van der Waals surface area contributed by atoms with Gasteiger partial charge in [-0.25, -0.2) is 4.68 Å². The van der Waals surface area contributed by atoms with E-state index in [-0.39, 0.29) is 11.9 Å². The molecule has 2 aromatic carbocycles. The van der Waals surface area contributed by atoms with E-state index in [0.29, 0.717) is 18.7 Å². The van der Waals surface area contributed by atoms with E-state index < -0.39 is 0 Å². The van der Waals surface area contributed by atoms with Gasteiger partial charge in [-0.2, -0.15) is 0 Å². The van der Waals surface area contributed by atoms with Gasteiger partial charge in [0.1, 0.15) is 0 Å². The van der Waals surface area contributed by atoms with Crippen LogP contribution in [0.3, 0.4) is 0 Å². The second-order valence-electron chi connectivity index (χ2n) is 6.93. The van der Waals surface area contributed by atoms with Crippen LogP contribution in [-0.2, 0) is 11.3 Å². The van der Waals surface area contributed by atoms with Crippen molar-refractivity contribution >= 4 is 5.91 Å². The summed E-state index contributed by atoms with van der Waals surface area (Å²) in [5.74, 6) is -0.129. The second-order valence-corrected chi connectivity index (χ2v) is 6.93. The summed E-state index contributed by atoms with van der Waals surface area (Å²) in [7, 11) is 1.62. The monoisotopic (exact) mass is 378 g/mol. The molecule has 0 fully saturated rings. The molecule has 6 heteroatoms. The van der Waals surface area contributed by atoms with Crippen molar-refractivity contribution in [1.29, 1.82) is 0 Å². The Morgan fingerprint density at radius 1 is 1.14 bits per heavy atom. The summed E-state index contributed by atoms with van der Waals surface area (Å²) in [6.07, 6.45) is 1.73. The van der Waals surface area contributed by atoms with Crippen molar-refractivity contribution < 1.29 is 9.53 Å². The molecule has 0 aliphatic heterocycles. The molecule has 0 saturated carbocycles. The SMILES string of the molecule is CCn1nncc1-c1cc(C(=O)N[C@H](C)COC)cc(-c2ccc(C)cc2)c1. The number of ether oxygens (including phenoxy) is 1. The van der Waals surface area contributed by atoms with Crippen LogP contribution in [0.1, 0.15) is 29.8 Å². The molecule has 0 saturated heterocycles. The van der Waals surface area contributed by atoms with E-state index in [1.54, 1.807) is 13.3 Å². The molecule has 0 aliphatic carbocycles. The molecular weight excluding hydrogens is 352 g/mol. The Balaban J connectivity index is 2.06. The summed E-state index contributed by atoms with van der Waals surface area (Å²) in [4.78, 5) is 12.8. The number of rotatable bonds is 7. The molecule has 28 heavy (non-hydrogen) atoms. The molecule has 0 spiro atoms. The fourth-order valence-electron chi connectivity index (χ4n) is 3.13. The molecular formula is C22H26N4O2. The molecule has 1 aromatic heterocycles. The first-order valence-corrected chi connectivity index (χ1v) is 9.42. The molecule has 0 bridgehead atoms. The Morgan fingerprint density at radius 3 is 2.54 bits per heavy atom. The Morgan fingerprint density at radius 2 is 1.86 bits per heavy atom. The Kier molecular flexibility index (Phi) is 6.21. The largest absolute Gasteiger partial charge is 0.383 e. The van der Waals surface area contributed by atoms with E-state index in [1.165, 1.54) is 5.56 Å². The molecule has 1 atom stereocenters. The third-order valence-electron chi connectivity index (χ3n) is 4.59. The zero-order valence-electron chi connectivity index (χ0n) is 16.8. The third kappa shape index (κ3) is 4.46. The number of hydrogen-bond donors (Lipinski definition) is 1. The highest BCUT2D eigenvalue weighted by Crippen LogP contribution is 2.28. The van der Waals surface area contributed by atoms with E-state index in [0.717, 1.165) is 22.4 Å². The standard InChI is InChI=1S/C22H26N4O2/c1-5-26-21(13-23-25-26)19-10-18(17-8-6-15(2)7-9-17)11-20(12-19)22(27)24-16(3)14-28-4/h6-13,16H,5,14H2,1-4H3,(H,24,27)/t16-/m1/s1. The maximum Gasteiger partial charge on any atom is 0.251 e. The van der Waals surface area contributed by atoms with Gasteiger partial charge in [-0.05, 0) is 50.1 Å². The van der Waals surface area contributed by atoms with Gasteiger partial charge in [-0.3, -0.25) is 4.79 Å². The summed E-state index contributed by atoms with van der Waals surface area (Å²) in [5, 5.41) is 11.1. The number of nitrogens with zero attached hydrogens (tertiary/aromatic N) is 3. The lowest BCUT2D eigenvalue weighted by Crippen LogP contribution is -2.35. The van der Waals surface area contributed by atoms with Crippen molar-refractivity contribution in [2.75, 3.05) is 13.7 Å². The molecule has 1 N–H and O–H groups in total. The maximum absolute atomic E-state index is 12.8. The van der Waals surface area contributed by atoms with Gasteiger partial charge in [0, 0.05) is 30.8 Å².